The molecule has 4 rings (SSSR count). The van der Waals surface area contributed by atoms with Gasteiger partial charge in [-0.2, -0.15) is 0 Å². The van der Waals surface area contributed by atoms with Gasteiger partial charge >= 0.3 is 0 Å². The molecule has 0 bridgehead atoms. The molecule has 29 heavy (non-hydrogen) atoms. The molecule has 1 aliphatic rings. The molecular weight excluding hydrogens is 364 g/mol. The lowest BCUT2D eigenvalue weighted by Crippen LogP contribution is -2.32. The Kier molecular flexibility index (Phi) is 5.21. The number of nitrogens with one attached hydrogen (secondary N) is 1. The van der Waals surface area contributed by atoms with Crippen molar-refractivity contribution < 1.29 is 14.3 Å². The highest BCUT2D eigenvalue weighted by Crippen LogP contribution is 2.36. The average molecular weight is 388 g/mol. The van der Waals surface area contributed by atoms with Crippen LogP contribution in [0.15, 0.2) is 66.7 Å². The van der Waals surface area contributed by atoms with Crippen molar-refractivity contribution in [3.63, 3.8) is 0 Å². The van der Waals surface area contributed by atoms with Crippen LogP contribution in [0.1, 0.15) is 28.4 Å². The van der Waals surface area contributed by atoms with Crippen molar-refractivity contribution in [2.45, 2.75) is 12.5 Å². The van der Waals surface area contributed by atoms with Crippen LogP contribution >= 0.6 is 0 Å². The monoisotopic (exact) mass is 388 g/mol. The first-order chi connectivity index (χ1) is 14.1. The molecule has 0 spiro atoms. The summed E-state index contributed by atoms with van der Waals surface area (Å²) >= 11 is 0. The molecule has 0 saturated carbocycles. The fourth-order valence-corrected chi connectivity index (χ4v) is 4.25. The second-order valence-corrected chi connectivity index (χ2v) is 7.40. The van der Waals surface area contributed by atoms with Crippen molar-refractivity contribution in [3.05, 3.63) is 77.9 Å². The number of carbonyl (C=O) groups is 2. The standard InChI is InChI=1S/C24H24N2O3/c1-26-22(27)14-17(23(26)16-8-4-3-5-9-16)15-25-24(28)20-12-13-21(29-2)19-11-7-6-10-18(19)20/h3-13,17,23H,14-15H2,1-2H3,(H,25,28)/t17-,23+/m1/s1. The van der Waals surface area contributed by atoms with Crippen LogP contribution in [0.4, 0.5) is 0 Å². The van der Waals surface area contributed by atoms with Crippen LogP contribution in [0.5, 0.6) is 5.75 Å². The molecule has 5 heteroatoms. The molecule has 2 atom stereocenters. The molecule has 1 heterocycles. The van der Waals surface area contributed by atoms with Crippen LogP contribution in [-0.4, -0.2) is 37.4 Å². The molecule has 1 N–H and O–H groups in total. The summed E-state index contributed by atoms with van der Waals surface area (Å²) in [6.45, 7) is 0.439. The van der Waals surface area contributed by atoms with E-state index < -0.39 is 0 Å². The van der Waals surface area contributed by atoms with Crippen molar-refractivity contribution in [1.82, 2.24) is 10.2 Å². The van der Waals surface area contributed by atoms with Crippen LogP contribution in [0.25, 0.3) is 10.8 Å². The van der Waals surface area contributed by atoms with E-state index in [0.29, 0.717) is 18.5 Å². The highest BCUT2D eigenvalue weighted by atomic mass is 16.5. The number of ether oxygens (including phenoxy) is 1. The highest BCUT2D eigenvalue weighted by Gasteiger charge is 2.38. The summed E-state index contributed by atoms with van der Waals surface area (Å²) in [6, 6.07) is 21.3. The molecule has 3 aromatic carbocycles. The number of fused-ring (bicyclic) bond motifs is 1. The van der Waals surface area contributed by atoms with Crippen molar-refractivity contribution in [1.29, 1.82) is 0 Å². The number of methoxy groups -OCH3 is 1. The van der Waals surface area contributed by atoms with Gasteiger partial charge in [0.2, 0.25) is 5.91 Å². The van der Waals surface area contributed by atoms with Crippen LogP contribution in [0.3, 0.4) is 0 Å². The van der Waals surface area contributed by atoms with Gasteiger partial charge in [0.1, 0.15) is 5.75 Å². The largest absolute Gasteiger partial charge is 0.496 e. The van der Waals surface area contributed by atoms with Gasteiger partial charge in [-0.15, -0.1) is 0 Å². The second-order valence-electron chi connectivity index (χ2n) is 7.40. The highest BCUT2D eigenvalue weighted by molar-refractivity contribution is 6.08. The fraction of sp³-hybridized carbons (Fsp3) is 0.250. The summed E-state index contributed by atoms with van der Waals surface area (Å²) in [4.78, 5) is 27.1. The van der Waals surface area contributed by atoms with Gasteiger partial charge in [-0.1, -0.05) is 54.6 Å². The Hall–Kier alpha value is -3.34. The van der Waals surface area contributed by atoms with E-state index >= 15 is 0 Å². The average Bonchev–Trinajstić information content (AvgIpc) is 3.05. The third-order valence-electron chi connectivity index (χ3n) is 5.71. The Morgan fingerprint density at radius 1 is 1.03 bits per heavy atom. The second kappa shape index (κ2) is 7.95. The summed E-state index contributed by atoms with van der Waals surface area (Å²) < 4.78 is 5.42. The fourth-order valence-electron chi connectivity index (χ4n) is 4.25. The topological polar surface area (TPSA) is 58.6 Å². The quantitative estimate of drug-likeness (QED) is 0.723. The minimum absolute atomic E-state index is 0.0309. The third-order valence-corrected chi connectivity index (χ3v) is 5.71. The lowest BCUT2D eigenvalue weighted by atomic mass is 9.93. The van der Waals surface area contributed by atoms with Crippen molar-refractivity contribution in [3.8, 4) is 5.75 Å². The van der Waals surface area contributed by atoms with Crippen LogP contribution in [0, 0.1) is 5.92 Å². The normalized spacial score (nSPS) is 18.8. The minimum atomic E-state index is -0.141. The number of hydrogen-bond donors (Lipinski definition) is 1. The minimum Gasteiger partial charge on any atom is -0.496 e. The van der Waals surface area contributed by atoms with E-state index in [1.165, 1.54) is 0 Å². The molecule has 1 aliphatic heterocycles. The maximum atomic E-state index is 13.0. The maximum absolute atomic E-state index is 13.0. The zero-order chi connectivity index (χ0) is 20.4. The van der Waals surface area contributed by atoms with E-state index in [4.69, 9.17) is 4.74 Å². The van der Waals surface area contributed by atoms with Crippen molar-refractivity contribution >= 4 is 22.6 Å². The van der Waals surface area contributed by atoms with E-state index in [9.17, 15) is 9.59 Å². The Bertz CT molecular complexity index is 1050. The first-order valence-electron chi connectivity index (χ1n) is 9.74. The zero-order valence-electron chi connectivity index (χ0n) is 16.6. The van der Waals surface area contributed by atoms with Gasteiger partial charge in [-0.25, -0.2) is 0 Å². The van der Waals surface area contributed by atoms with E-state index in [1.807, 2.05) is 67.7 Å². The van der Waals surface area contributed by atoms with Crippen LogP contribution in [0.2, 0.25) is 0 Å². The van der Waals surface area contributed by atoms with E-state index in [1.54, 1.807) is 18.1 Å². The lowest BCUT2D eigenvalue weighted by Gasteiger charge is -2.25. The molecule has 0 aliphatic carbocycles. The van der Waals surface area contributed by atoms with Gasteiger partial charge in [0.25, 0.3) is 5.91 Å². The molecule has 148 valence electrons. The maximum Gasteiger partial charge on any atom is 0.251 e. The first kappa shape index (κ1) is 19.0. The lowest BCUT2D eigenvalue weighted by molar-refractivity contribution is -0.127. The van der Waals surface area contributed by atoms with Gasteiger partial charge in [-0.3, -0.25) is 9.59 Å². The summed E-state index contributed by atoms with van der Waals surface area (Å²) in [5, 5.41) is 4.81. The van der Waals surface area contributed by atoms with Gasteiger partial charge in [0, 0.05) is 36.9 Å². The molecule has 0 radical (unpaired) electrons. The zero-order valence-corrected chi connectivity index (χ0v) is 16.6. The SMILES string of the molecule is COc1ccc(C(=O)NC[C@H]2CC(=O)N(C)[C@H]2c2ccccc2)c2ccccc12. The number of carbonyl (C=O) groups excluding carboxylic acids is 2. The number of rotatable bonds is 5. The Balaban J connectivity index is 1.55. The smallest absolute Gasteiger partial charge is 0.251 e. The molecular formula is C24H24N2O3. The first-order valence-corrected chi connectivity index (χ1v) is 9.74. The molecule has 0 aromatic heterocycles. The molecule has 1 fully saturated rings. The van der Waals surface area contributed by atoms with Crippen LogP contribution in [-0.2, 0) is 4.79 Å². The summed E-state index contributed by atoms with van der Waals surface area (Å²) in [5.74, 6) is 0.735. The Labute approximate surface area is 170 Å². The van der Waals surface area contributed by atoms with E-state index in [-0.39, 0.29) is 23.8 Å². The number of benzene rings is 3. The number of hydrogen-bond acceptors (Lipinski definition) is 3. The predicted octanol–water partition coefficient (Wildman–Crippen LogP) is 3.80. The number of nitrogens with zero attached hydrogens (tertiary/aromatic N) is 1. The van der Waals surface area contributed by atoms with Gasteiger partial charge in [-0.05, 0) is 23.1 Å². The molecule has 3 aromatic rings. The van der Waals surface area contributed by atoms with Gasteiger partial charge < -0.3 is 15.0 Å². The summed E-state index contributed by atoms with van der Waals surface area (Å²) in [7, 11) is 3.46. The Morgan fingerprint density at radius 2 is 1.72 bits per heavy atom. The van der Waals surface area contributed by atoms with Crippen LogP contribution < -0.4 is 10.1 Å². The Morgan fingerprint density at radius 3 is 2.45 bits per heavy atom. The van der Waals surface area contributed by atoms with Gasteiger partial charge in [0.05, 0.1) is 13.2 Å². The van der Waals surface area contributed by atoms with E-state index in [0.717, 1.165) is 22.1 Å². The molecule has 1 saturated heterocycles. The van der Waals surface area contributed by atoms with Gasteiger partial charge in [0.15, 0.2) is 0 Å². The molecule has 5 nitrogen and oxygen atoms in total. The number of likely N-dealkylation sites (tertiary alicyclic amines) is 1. The third kappa shape index (κ3) is 3.56. The van der Waals surface area contributed by atoms with E-state index in [2.05, 4.69) is 5.32 Å². The molecule has 2 amide bonds. The summed E-state index contributed by atoms with van der Waals surface area (Å²) in [5.41, 5.74) is 1.70. The predicted molar refractivity (Wildman–Crippen MR) is 113 cm³/mol. The van der Waals surface area contributed by atoms with Crippen molar-refractivity contribution in [2.24, 2.45) is 5.92 Å². The number of amides is 2. The van der Waals surface area contributed by atoms with Crippen molar-refractivity contribution in [2.75, 3.05) is 20.7 Å². The molecule has 0 unspecified atom stereocenters. The summed E-state index contributed by atoms with van der Waals surface area (Å²) in [6.07, 6.45) is 0.430.